The molecule has 3 nitrogen and oxygen atoms in total. The molecule has 1 aromatic rings. The first-order chi connectivity index (χ1) is 9.13. The number of benzene rings is 1. The second-order valence-corrected chi connectivity index (χ2v) is 5.53. The summed E-state index contributed by atoms with van der Waals surface area (Å²) in [6.45, 7) is 3.99. The van der Waals surface area contributed by atoms with Gasteiger partial charge in [0.05, 0.1) is 11.6 Å². The Labute approximate surface area is 124 Å². The number of rotatable bonds is 4. The quantitative estimate of drug-likeness (QED) is 0.919. The summed E-state index contributed by atoms with van der Waals surface area (Å²) < 4.78 is 10.8. The van der Waals surface area contributed by atoms with Gasteiger partial charge in [-0.2, -0.15) is 0 Å². The Kier molecular flexibility index (Phi) is 5.34. The highest BCUT2D eigenvalue weighted by atomic mass is 35.5. The lowest BCUT2D eigenvalue weighted by molar-refractivity contribution is 0.0584. The highest BCUT2D eigenvalue weighted by Gasteiger charge is 2.24. The standard InChI is InChI=1S/C14H19Cl2NO2/c1-2-19-13-8-11(15)10(7-12(13)16)14(17)9-3-5-18-6-4-9/h7-9,14H,2-6,17H2,1H3. The Bertz CT molecular complexity index is 434. The summed E-state index contributed by atoms with van der Waals surface area (Å²) in [5.41, 5.74) is 7.21. The molecule has 0 aromatic heterocycles. The normalized spacial score (nSPS) is 18.3. The second kappa shape index (κ2) is 6.80. The number of nitrogens with two attached hydrogens (primary N) is 1. The molecule has 0 amide bonds. The molecule has 0 radical (unpaired) electrons. The molecular weight excluding hydrogens is 285 g/mol. The van der Waals surface area contributed by atoms with Gasteiger partial charge in [0.25, 0.3) is 0 Å². The van der Waals surface area contributed by atoms with Crippen LogP contribution in [0.2, 0.25) is 10.0 Å². The molecule has 0 saturated carbocycles. The van der Waals surface area contributed by atoms with Gasteiger partial charge in [-0.3, -0.25) is 0 Å². The van der Waals surface area contributed by atoms with Crippen molar-refractivity contribution in [2.24, 2.45) is 11.7 Å². The summed E-state index contributed by atoms with van der Waals surface area (Å²) in [5.74, 6) is 0.998. The molecule has 1 fully saturated rings. The van der Waals surface area contributed by atoms with E-state index in [0.717, 1.165) is 31.6 Å². The van der Waals surface area contributed by atoms with Gasteiger partial charge in [0.1, 0.15) is 5.75 Å². The molecule has 0 bridgehead atoms. The van der Waals surface area contributed by atoms with Crippen molar-refractivity contribution in [1.29, 1.82) is 0 Å². The zero-order valence-electron chi connectivity index (χ0n) is 11.0. The third-order valence-electron chi connectivity index (χ3n) is 3.48. The molecule has 1 saturated heterocycles. The Morgan fingerprint density at radius 1 is 1.32 bits per heavy atom. The smallest absolute Gasteiger partial charge is 0.139 e. The maximum Gasteiger partial charge on any atom is 0.139 e. The van der Waals surface area contributed by atoms with Crippen LogP contribution in [-0.4, -0.2) is 19.8 Å². The molecule has 1 aromatic carbocycles. The molecule has 5 heteroatoms. The Balaban J connectivity index is 2.21. The Morgan fingerprint density at radius 2 is 2.00 bits per heavy atom. The first-order valence-electron chi connectivity index (χ1n) is 6.58. The SMILES string of the molecule is CCOc1cc(Cl)c(C(N)C2CCOCC2)cc1Cl. The topological polar surface area (TPSA) is 44.5 Å². The van der Waals surface area contributed by atoms with Crippen molar-refractivity contribution in [3.63, 3.8) is 0 Å². The van der Waals surface area contributed by atoms with Crippen LogP contribution in [0.3, 0.4) is 0 Å². The van der Waals surface area contributed by atoms with E-state index in [9.17, 15) is 0 Å². The molecule has 1 unspecified atom stereocenters. The molecule has 1 heterocycles. The van der Waals surface area contributed by atoms with Crippen molar-refractivity contribution in [2.75, 3.05) is 19.8 Å². The lowest BCUT2D eigenvalue weighted by Crippen LogP contribution is -2.27. The highest BCUT2D eigenvalue weighted by molar-refractivity contribution is 6.34. The summed E-state index contributed by atoms with van der Waals surface area (Å²) >= 11 is 12.5. The van der Waals surface area contributed by atoms with Crippen LogP contribution in [0.15, 0.2) is 12.1 Å². The van der Waals surface area contributed by atoms with Crippen LogP contribution in [0, 0.1) is 5.92 Å². The summed E-state index contributed by atoms with van der Waals surface area (Å²) in [7, 11) is 0. The van der Waals surface area contributed by atoms with Gasteiger partial charge in [-0.25, -0.2) is 0 Å². The van der Waals surface area contributed by atoms with Crippen LogP contribution >= 0.6 is 23.2 Å². The van der Waals surface area contributed by atoms with Gasteiger partial charge in [0, 0.05) is 30.3 Å². The minimum absolute atomic E-state index is 0.107. The Hall–Kier alpha value is -0.480. The molecule has 1 aliphatic rings. The van der Waals surface area contributed by atoms with Gasteiger partial charge in [-0.15, -0.1) is 0 Å². The minimum atomic E-state index is -0.107. The predicted molar refractivity (Wildman–Crippen MR) is 78.1 cm³/mol. The fourth-order valence-corrected chi connectivity index (χ4v) is 2.90. The summed E-state index contributed by atoms with van der Waals surface area (Å²) in [6, 6.07) is 3.47. The number of hydrogen-bond acceptors (Lipinski definition) is 3. The zero-order chi connectivity index (χ0) is 13.8. The molecule has 106 valence electrons. The molecule has 1 atom stereocenters. The van der Waals surface area contributed by atoms with Gasteiger partial charge in [0.2, 0.25) is 0 Å². The van der Waals surface area contributed by atoms with Gasteiger partial charge in [-0.05, 0) is 37.3 Å². The van der Waals surface area contributed by atoms with Gasteiger partial charge >= 0.3 is 0 Å². The first kappa shape index (κ1) is 14.9. The average Bonchev–Trinajstić information content (AvgIpc) is 2.43. The van der Waals surface area contributed by atoms with Crippen LogP contribution in [0.25, 0.3) is 0 Å². The van der Waals surface area contributed by atoms with Crippen LogP contribution in [0.5, 0.6) is 5.75 Å². The van der Waals surface area contributed by atoms with Crippen LogP contribution in [-0.2, 0) is 4.74 Å². The van der Waals surface area contributed by atoms with E-state index in [-0.39, 0.29) is 6.04 Å². The number of halogens is 2. The van der Waals surface area contributed by atoms with Crippen molar-refractivity contribution < 1.29 is 9.47 Å². The van der Waals surface area contributed by atoms with Gasteiger partial charge < -0.3 is 15.2 Å². The largest absolute Gasteiger partial charge is 0.492 e. The van der Waals surface area contributed by atoms with E-state index in [1.54, 1.807) is 6.07 Å². The third kappa shape index (κ3) is 3.54. The maximum absolute atomic E-state index is 6.32. The van der Waals surface area contributed by atoms with Crippen molar-refractivity contribution >= 4 is 23.2 Å². The summed E-state index contributed by atoms with van der Waals surface area (Å²) in [6.07, 6.45) is 1.92. The van der Waals surface area contributed by atoms with E-state index in [2.05, 4.69) is 0 Å². The second-order valence-electron chi connectivity index (χ2n) is 4.71. The molecule has 0 aliphatic carbocycles. The molecule has 0 spiro atoms. The molecule has 2 N–H and O–H groups in total. The zero-order valence-corrected chi connectivity index (χ0v) is 12.5. The first-order valence-corrected chi connectivity index (χ1v) is 7.34. The molecule has 1 aliphatic heterocycles. The highest BCUT2D eigenvalue weighted by Crippen LogP contribution is 2.37. The maximum atomic E-state index is 6.32. The molecule has 19 heavy (non-hydrogen) atoms. The van der Waals surface area contributed by atoms with Gasteiger partial charge in [0.15, 0.2) is 0 Å². The lowest BCUT2D eigenvalue weighted by atomic mass is 9.88. The van der Waals surface area contributed by atoms with E-state index in [1.807, 2.05) is 13.0 Å². The molecule has 2 rings (SSSR count). The van der Waals surface area contributed by atoms with E-state index < -0.39 is 0 Å². The van der Waals surface area contributed by atoms with E-state index in [0.29, 0.717) is 28.3 Å². The van der Waals surface area contributed by atoms with Gasteiger partial charge in [-0.1, -0.05) is 23.2 Å². The van der Waals surface area contributed by atoms with Crippen LogP contribution < -0.4 is 10.5 Å². The summed E-state index contributed by atoms with van der Waals surface area (Å²) in [4.78, 5) is 0. The third-order valence-corrected chi connectivity index (χ3v) is 4.11. The molecular formula is C14H19Cl2NO2. The van der Waals surface area contributed by atoms with Crippen molar-refractivity contribution in [2.45, 2.75) is 25.8 Å². The summed E-state index contributed by atoms with van der Waals surface area (Å²) in [5, 5.41) is 1.18. The van der Waals surface area contributed by atoms with Crippen molar-refractivity contribution in [3.8, 4) is 5.75 Å². The van der Waals surface area contributed by atoms with E-state index >= 15 is 0 Å². The van der Waals surface area contributed by atoms with E-state index in [1.165, 1.54) is 0 Å². The fourth-order valence-electron chi connectivity index (χ4n) is 2.39. The monoisotopic (exact) mass is 303 g/mol. The van der Waals surface area contributed by atoms with Crippen molar-refractivity contribution in [1.82, 2.24) is 0 Å². The van der Waals surface area contributed by atoms with E-state index in [4.69, 9.17) is 38.4 Å². The average molecular weight is 304 g/mol. The fraction of sp³-hybridized carbons (Fsp3) is 0.571. The Morgan fingerprint density at radius 3 is 2.63 bits per heavy atom. The lowest BCUT2D eigenvalue weighted by Gasteiger charge is -2.28. The number of ether oxygens (including phenoxy) is 2. The van der Waals surface area contributed by atoms with Crippen molar-refractivity contribution in [3.05, 3.63) is 27.7 Å². The predicted octanol–water partition coefficient (Wildman–Crippen LogP) is 3.82. The van der Waals surface area contributed by atoms with Crippen LogP contribution in [0.4, 0.5) is 0 Å². The minimum Gasteiger partial charge on any atom is -0.492 e. The van der Waals surface area contributed by atoms with Crippen LogP contribution in [0.1, 0.15) is 31.4 Å². The number of hydrogen-bond donors (Lipinski definition) is 1.